The molecule has 12 heteroatoms. The highest BCUT2D eigenvalue weighted by molar-refractivity contribution is 6.04. The van der Waals surface area contributed by atoms with E-state index in [2.05, 4.69) is 80.1 Å². The first kappa shape index (κ1) is 58.5. The number of aliphatic hydroxyl groups excluding tert-OH is 3. The van der Waals surface area contributed by atoms with Gasteiger partial charge in [0.25, 0.3) is 0 Å². The summed E-state index contributed by atoms with van der Waals surface area (Å²) in [6, 6.07) is 6.79. The van der Waals surface area contributed by atoms with Gasteiger partial charge in [0.15, 0.2) is 5.78 Å². The summed E-state index contributed by atoms with van der Waals surface area (Å²) in [6.45, 7) is 17.2. The summed E-state index contributed by atoms with van der Waals surface area (Å²) in [6.07, 6.45) is 22.2. The maximum absolute atomic E-state index is 16.8. The number of aryl methyl sites for hydroxylation is 1. The Hall–Kier alpha value is -3.49. The van der Waals surface area contributed by atoms with Crippen LogP contribution in [0.25, 0.3) is 11.0 Å². The lowest BCUT2D eigenvalue weighted by Gasteiger charge is -2.75. The van der Waals surface area contributed by atoms with Crippen molar-refractivity contribution in [2.75, 3.05) is 20.3 Å². The van der Waals surface area contributed by atoms with Crippen LogP contribution < -0.4 is 5.32 Å². The first-order valence-corrected chi connectivity index (χ1v) is 33.4. The molecule has 3 aromatic rings. The molecular weight excluding hydrogens is 1040 g/mol. The average Bonchev–Trinajstić information content (AvgIpc) is 2.33. The third kappa shape index (κ3) is 8.65. The van der Waals surface area contributed by atoms with Crippen molar-refractivity contribution < 1.29 is 44.3 Å². The number of hydrogen-bond donors (Lipinski definition) is 6. The third-order valence-corrected chi connectivity index (χ3v) is 26.7. The van der Waals surface area contributed by atoms with Crippen LogP contribution in [0, 0.1) is 56.2 Å². The lowest BCUT2D eigenvalue weighted by Crippen LogP contribution is -2.74. The van der Waals surface area contributed by atoms with Gasteiger partial charge in [0.1, 0.15) is 18.2 Å². The highest BCUT2D eigenvalue weighted by atomic mass is 16.6. The minimum atomic E-state index is -1.07. The van der Waals surface area contributed by atoms with Gasteiger partial charge >= 0.3 is 0 Å². The zero-order chi connectivity index (χ0) is 58.4. The van der Waals surface area contributed by atoms with Crippen LogP contribution in [0.15, 0.2) is 41.7 Å². The Bertz CT molecular complexity index is 3050. The van der Waals surface area contributed by atoms with Crippen molar-refractivity contribution in [2.24, 2.45) is 56.2 Å². The van der Waals surface area contributed by atoms with Gasteiger partial charge in [-0.15, -0.1) is 0 Å². The zero-order valence-corrected chi connectivity index (χ0v) is 51.7. The number of fused-ring (bicyclic) bond motifs is 6. The number of ketones is 2. The fraction of sp³-hybridized carbons (Fsp3) is 0.761. The number of allylic oxidation sites excluding steroid dienone is 1. The van der Waals surface area contributed by atoms with Crippen molar-refractivity contribution >= 4 is 28.9 Å². The molecule has 6 saturated carbocycles. The van der Waals surface area contributed by atoms with Gasteiger partial charge in [-0.05, 0) is 178 Å². The normalized spacial score (nSPS) is 41.0. The summed E-state index contributed by atoms with van der Waals surface area (Å²) in [5.74, 6) is -0.995. The molecule has 3 aliphatic heterocycles. The van der Waals surface area contributed by atoms with Crippen LogP contribution in [0.3, 0.4) is 0 Å². The molecule has 0 radical (unpaired) electrons. The number of nitrogens with zero attached hydrogens (tertiary/aromatic N) is 1. The molecule has 8 fully saturated rings. The Morgan fingerprint density at radius 3 is 2.34 bits per heavy atom. The van der Waals surface area contributed by atoms with Crippen molar-refractivity contribution in [2.45, 2.75) is 263 Å². The van der Waals surface area contributed by atoms with Crippen LogP contribution in [0.1, 0.15) is 236 Å². The molecule has 1 aromatic carbocycles. The molecule has 6 N–H and O–H groups in total. The number of aldehydes is 1. The number of aromatic nitrogens is 2. The second-order valence-electron chi connectivity index (χ2n) is 31.0. The van der Waals surface area contributed by atoms with E-state index in [1.807, 2.05) is 20.9 Å². The van der Waals surface area contributed by atoms with E-state index < -0.39 is 73.8 Å². The quantitative estimate of drug-likeness (QED) is 0.0546. The Morgan fingerprint density at radius 2 is 1.65 bits per heavy atom. The molecule has 83 heavy (non-hydrogen) atoms. The highest BCUT2D eigenvalue weighted by Crippen LogP contribution is 2.82. The summed E-state index contributed by atoms with van der Waals surface area (Å²) in [7, 11) is 2.04. The second-order valence-corrected chi connectivity index (χ2v) is 31.0. The van der Waals surface area contributed by atoms with Gasteiger partial charge in [-0.25, -0.2) is 0 Å². The second kappa shape index (κ2) is 20.8. The van der Waals surface area contributed by atoms with Crippen molar-refractivity contribution in [3.05, 3.63) is 69.6 Å². The molecule has 454 valence electrons. The largest absolute Gasteiger partial charge is 0.393 e. The molecule has 13 rings (SSSR count). The fourth-order valence-corrected chi connectivity index (χ4v) is 22.3. The number of hydrogen-bond acceptors (Lipinski definition) is 10. The van der Waals surface area contributed by atoms with Gasteiger partial charge in [0, 0.05) is 91.3 Å². The van der Waals surface area contributed by atoms with Crippen molar-refractivity contribution in [3.8, 4) is 0 Å². The summed E-state index contributed by atoms with van der Waals surface area (Å²) in [4.78, 5) is 50.4. The van der Waals surface area contributed by atoms with Gasteiger partial charge in [0.2, 0.25) is 0 Å². The number of carbonyl (C=O) groups is 3. The van der Waals surface area contributed by atoms with Gasteiger partial charge in [-0.3, -0.25) is 9.59 Å². The van der Waals surface area contributed by atoms with Crippen LogP contribution in [-0.4, -0.2) is 104 Å². The third-order valence-electron chi connectivity index (χ3n) is 26.7. The average molecular weight is 1140 g/mol. The van der Waals surface area contributed by atoms with Crippen LogP contribution in [0.4, 0.5) is 0 Å². The summed E-state index contributed by atoms with van der Waals surface area (Å²) >= 11 is 0. The molecule has 0 unspecified atom stereocenters. The summed E-state index contributed by atoms with van der Waals surface area (Å²) in [5.41, 5.74) is 3.37. The van der Waals surface area contributed by atoms with Gasteiger partial charge < -0.3 is 49.6 Å². The number of aromatic amines is 1. The molecule has 2 saturated heterocycles. The monoisotopic (exact) mass is 1140 g/mol. The van der Waals surface area contributed by atoms with E-state index in [4.69, 9.17) is 9.47 Å². The number of carbonyl (C=O) groups excluding carboxylic acids is 3. The first-order chi connectivity index (χ1) is 39.6. The number of H-pyrrole nitrogens is 1. The number of nitrogens with one attached hydrogen (secondary N) is 2. The molecular formula is C71H101N3O9. The molecule has 2 spiro atoms. The van der Waals surface area contributed by atoms with E-state index in [0.717, 1.165) is 147 Å². The Balaban J connectivity index is 1.03. The number of Topliss-reactive ketones (excluding diaryl/α,β-unsaturated/α-hetero) is 2. The zero-order valence-electron chi connectivity index (χ0n) is 51.7. The molecule has 7 aliphatic carbocycles. The predicted molar refractivity (Wildman–Crippen MR) is 322 cm³/mol. The Labute approximate surface area is 494 Å². The van der Waals surface area contributed by atoms with E-state index in [9.17, 15) is 25.2 Å². The standard InChI is InChI=1S/C71H101N3O9/c1-9-10-12-19-52-61(80)57-56-50(60(79)62-66(5,67(52,56)6)25-22-54-68(62,7)69(26-21-48(76)35-69)37-55(78)70(54)23-15-18-47(34-70)72-8)40-74-39-49(58-59(74)43(38-73-58)20-24-65(57,4)36-53(77)63-64(2,3)83-63)51(41-75)45-31-44(42-16-13-11-14-17-42)32-46(33-45)71(81)27-29-82-30-28-71/h31-33,38-39,41-42,47-48,50-54,60,62-63,72-73,76-77,79,81H,9-30,34-37,40H2,1-8H3/t47-,48-,50+,51+,52+,53+,54+,60+,62-,63+,65-,66-,67-,68+,69+,70-/m0/s1. The van der Waals surface area contributed by atoms with E-state index in [1.165, 1.54) is 12.0 Å². The number of aliphatic hydroxyl groups is 4. The number of ether oxygens (including phenoxy) is 2. The van der Waals surface area contributed by atoms with Gasteiger partial charge in [-0.2, -0.15) is 0 Å². The first-order valence-electron chi connectivity index (χ1n) is 33.4. The molecule has 2 aromatic heterocycles. The van der Waals surface area contributed by atoms with Crippen LogP contribution in [-0.2, 0) is 42.4 Å². The minimum absolute atomic E-state index is 0.0144. The summed E-state index contributed by atoms with van der Waals surface area (Å²) in [5, 5.41) is 55.1. The van der Waals surface area contributed by atoms with Gasteiger partial charge in [0.05, 0.1) is 46.5 Å². The maximum atomic E-state index is 16.8. The smallest absolute Gasteiger partial charge is 0.163 e. The molecule has 0 bridgehead atoms. The molecule has 5 heterocycles. The topological polar surface area (TPSA) is 187 Å². The summed E-state index contributed by atoms with van der Waals surface area (Å²) < 4.78 is 14.4. The van der Waals surface area contributed by atoms with Crippen molar-refractivity contribution in [1.82, 2.24) is 14.9 Å². The fourth-order valence-electron chi connectivity index (χ4n) is 22.3. The molecule has 10 aliphatic rings. The van der Waals surface area contributed by atoms with E-state index in [-0.39, 0.29) is 35.7 Å². The van der Waals surface area contributed by atoms with Crippen molar-refractivity contribution in [3.63, 3.8) is 0 Å². The van der Waals surface area contributed by atoms with Crippen LogP contribution in [0.5, 0.6) is 0 Å². The predicted octanol–water partition coefficient (Wildman–Crippen LogP) is 12.0. The lowest BCUT2D eigenvalue weighted by atomic mass is 9.28. The Kier molecular flexibility index (Phi) is 14.7. The van der Waals surface area contributed by atoms with Crippen LogP contribution in [0.2, 0.25) is 0 Å². The number of epoxide rings is 1. The lowest BCUT2D eigenvalue weighted by molar-refractivity contribution is -0.271. The number of unbranched alkanes of at least 4 members (excludes halogenated alkanes) is 2. The minimum Gasteiger partial charge on any atom is -0.393 e. The van der Waals surface area contributed by atoms with Crippen LogP contribution >= 0.6 is 0 Å². The number of benzene rings is 1. The maximum Gasteiger partial charge on any atom is 0.163 e. The van der Waals surface area contributed by atoms with E-state index in [0.29, 0.717) is 82.8 Å². The van der Waals surface area contributed by atoms with E-state index >= 15 is 9.59 Å². The van der Waals surface area contributed by atoms with Crippen molar-refractivity contribution in [1.29, 1.82) is 0 Å². The molecule has 12 nitrogen and oxygen atoms in total. The highest BCUT2D eigenvalue weighted by Gasteiger charge is 2.79. The molecule has 16 atom stereocenters. The van der Waals surface area contributed by atoms with E-state index in [1.54, 1.807) is 0 Å². The SMILES string of the molecule is CCCCC[C@@H]1C(=O)C2=C3[C@@H](Cn4cc([C@H](C=O)c5cc(C6CCCCC6)cc(C6(O)CCOCC6)c5)c5[nH]cc(c54)CC[C@@]2(C)C[C@@H](O)[C@H]2OC2(C)C)[C@@H](O)[C@@H]2[C@@]4(C)[C@@H](CC[C@]2(C)[C@]31C)[C@@]1(CCC[C@H](NC)C1)C(=O)C[C@]41CC[C@H](O)C1. The van der Waals surface area contributed by atoms with Gasteiger partial charge in [-0.1, -0.05) is 97.8 Å². The Morgan fingerprint density at radius 1 is 0.892 bits per heavy atom. The molecule has 0 amide bonds. The number of rotatable bonds is 13.